The standard InChI is InChI=1S/C14H19N3O4/c1-15-12(18)9-17(2)14(21)16-11(13(19)20)8-10-6-4-3-5-7-10/h3-7,11H,8-9H2,1-2H3,(H,15,18)(H,16,21)(H,19,20)/t11-/m1/s1. The van der Waals surface area contributed by atoms with Crippen LogP contribution >= 0.6 is 0 Å². The Hall–Kier alpha value is -2.57. The molecule has 1 atom stereocenters. The van der Waals surface area contributed by atoms with Crippen molar-refractivity contribution in [2.45, 2.75) is 12.5 Å². The predicted molar refractivity (Wildman–Crippen MR) is 76.8 cm³/mol. The smallest absolute Gasteiger partial charge is 0.326 e. The first kappa shape index (κ1) is 16.5. The van der Waals surface area contributed by atoms with Crippen LogP contribution in [0.3, 0.4) is 0 Å². The lowest BCUT2D eigenvalue weighted by molar-refractivity contribution is -0.139. The molecular formula is C14H19N3O4. The summed E-state index contributed by atoms with van der Waals surface area (Å²) < 4.78 is 0. The third-order valence-corrected chi connectivity index (χ3v) is 2.88. The minimum atomic E-state index is -1.12. The van der Waals surface area contributed by atoms with Gasteiger partial charge in [-0.3, -0.25) is 4.79 Å². The number of rotatable bonds is 6. The molecule has 1 aromatic carbocycles. The topological polar surface area (TPSA) is 98.7 Å². The van der Waals surface area contributed by atoms with Gasteiger partial charge in [0.05, 0.1) is 0 Å². The van der Waals surface area contributed by atoms with E-state index < -0.39 is 18.0 Å². The summed E-state index contributed by atoms with van der Waals surface area (Å²) in [5, 5.41) is 14.0. The van der Waals surface area contributed by atoms with Gasteiger partial charge >= 0.3 is 12.0 Å². The van der Waals surface area contributed by atoms with Crippen molar-refractivity contribution < 1.29 is 19.5 Å². The summed E-state index contributed by atoms with van der Waals surface area (Å²) in [6, 6.07) is 7.34. The van der Waals surface area contributed by atoms with Crippen molar-refractivity contribution in [1.82, 2.24) is 15.5 Å². The number of carboxylic acid groups (broad SMARTS) is 1. The SMILES string of the molecule is CNC(=O)CN(C)C(=O)N[C@H](Cc1ccccc1)C(=O)O. The number of nitrogens with zero attached hydrogens (tertiary/aromatic N) is 1. The highest BCUT2D eigenvalue weighted by Gasteiger charge is 2.22. The molecule has 0 unspecified atom stereocenters. The highest BCUT2D eigenvalue weighted by molar-refractivity contribution is 5.86. The van der Waals surface area contributed by atoms with Gasteiger partial charge in [0.1, 0.15) is 12.6 Å². The zero-order valence-electron chi connectivity index (χ0n) is 12.0. The molecular weight excluding hydrogens is 274 g/mol. The molecule has 0 fully saturated rings. The van der Waals surface area contributed by atoms with Crippen molar-refractivity contribution in [3.8, 4) is 0 Å². The average molecular weight is 293 g/mol. The molecule has 0 aliphatic rings. The molecule has 7 heteroatoms. The van der Waals surface area contributed by atoms with E-state index in [0.29, 0.717) is 0 Å². The molecule has 0 bridgehead atoms. The van der Waals surface area contributed by atoms with Gasteiger partial charge < -0.3 is 20.6 Å². The lowest BCUT2D eigenvalue weighted by Gasteiger charge is -2.20. The largest absolute Gasteiger partial charge is 0.480 e. The van der Waals surface area contributed by atoms with Crippen LogP contribution in [0.5, 0.6) is 0 Å². The van der Waals surface area contributed by atoms with E-state index in [2.05, 4.69) is 10.6 Å². The lowest BCUT2D eigenvalue weighted by atomic mass is 10.1. The Balaban J connectivity index is 2.64. The van der Waals surface area contributed by atoms with Crippen LogP contribution < -0.4 is 10.6 Å². The number of benzene rings is 1. The number of carbonyl (C=O) groups excluding carboxylic acids is 2. The van der Waals surface area contributed by atoms with Crippen LogP contribution in [0.25, 0.3) is 0 Å². The van der Waals surface area contributed by atoms with E-state index in [1.165, 1.54) is 14.1 Å². The van der Waals surface area contributed by atoms with Gasteiger partial charge in [-0.1, -0.05) is 30.3 Å². The van der Waals surface area contributed by atoms with Crippen molar-refractivity contribution in [3.63, 3.8) is 0 Å². The molecule has 114 valence electrons. The number of carboxylic acids is 1. The van der Waals surface area contributed by atoms with Crippen molar-refractivity contribution in [3.05, 3.63) is 35.9 Å². The van der Waals surface area contributed by atoms with Gasteiger partial charge in [-0.15, -0.1) is 0 Å². The molecule has 0 heterocycles. The van der Waals surface area contributed by atoms with Gasteiger partial charge in [0.15, 0.2) is 0 Å². The summed E-state index contributed by atoms with van der Waals surface area (Å²) >= 11 is 0. The molecule has 0 aliphatic heterocycles. The predicted octanol–water partition coefficient (Wildman–Crippen LogP) is 0.0697. The van der Waals surface area contributed by atoms with E-state index >= 15 is 0 Å². The second-order valence-corrected chi connectivity index (χ2v) is 4.56. The molecule has 0 aliphatic carbocycles. The molecule has 1 rings (SSSR count). The second kappa shape index (κ2) is 7.88. The molecule has 0 saturated carbocycles. The van der Waals surface area contributed by atoms with Crippen LogP contribution in [0.4, 0.5) is 4.79 Å². The summed E-state index contributed by atoms with van der Waals surface area (Å²) in [4.78, 5) is 35.4. The van der Waals surface area contributed by atoms with E-state index in [4.69, 9.17) is 0 Å². The number of aliphatic carboxylic acids is 1. The highest BCUT2D eigenvalue weighted by Crippen LogP contribution is 2.04. The molecule has 7 nitrogen and oxygen atoms in total. The van der Waals surface area contributed by atoms with E-state index in [-0.39, 0.29) is 18.9 Å². The molecule has 1 aromatic rings. The Labute approximate surface area is 122 Å². The van der Waals surface area contributed by atoms with Crippen molar-refractivity contribution in [2.24, 2.45) is 0 Å². The summed E-state index contributed by atoms with van der Waals surface area (Å²) in [6.45, 7) is -0.139. The fourth-order valence-electron chi connectivity index (χ4n) is 1.68. The fraction of sp³-hybridized carbons (Fsp3) is 0.357. The number of amides is 3. The van der Waals surface area contributed by atoms with Crippen LogP contribution in [-0.2, 0) is 16.0 Å². The first-order chi connectivity index (χ1) is 9.93. The van der Waals surface area contributed by atoms with Gasteiger partial charge in [0.25, 0.3) is 0 Å². The van der Waals surface area contributed by atoms with Gasteiger partial charge in [0.2, 0.25) is 5.91 Å². The maximum atomic E-state index is 11.9. The molecule has 3 N–H and O–H groups in total. The maximum Gasteiger partial charge on any atom is 0.326 e. The molecule has 0 spiro atoms. The minimum Gasteiger partial charge on any atom is -0.480 e. The summed E-state index contributed by atoms with van der Waals surface area (Å²) in [5.41, 5.74) is 0.805. The molecule has 0 radical (unpaired) electrons. The Morgan fingerprint density at radius 3 is 2.38 bits per heavy atom. The van der Waals surface area contributed by atoms with Crippen LogP contribution in [0.2, 0.25) is 0 Å². The summed E-state index contributed by atoms with van der Waals surface area (Å²) in [5.74, 6) is -1.46. The molecule has 3 amide bonds. The normalized spacial score (nSPS) is 11.3. The van der Waals surface area contributed by atoms with Crippen LogP contribution in [-0.4, -0.2) is 54.6 Å². The number of hydrogen-bond acceptors (Lipinski definition) is 3. The maximum absolute atomic E-state index is 11.9. The van der Waals surface area contributed by atoms with E-state index in [1.54, 1.807) is 24.3 Å². The summed E-state index contributed by atoms with van der Waals surface area (Å²) in [6.07, 6.45) is 0.176. The minimum absolute atomic E-state index is 0.139. The quantitative estimate of drug-likeness (QED) is 0.691. The third kappa shape index (κ3) is 5.52. The van der Waals surface area contributed by atoms with Gasteiger partial charge in [-0.05, 0) is 5.56 Å². The van der Waals surface area contributed by atoms with Crippen LogP contribution in [0, 0.1) is 0 Å². The third-order valence-electron chi connectivity index (χ3n) is 2.88. The summed E-state index contributed by atoms with van der Waals surface area (Å²) in [7, 11) is 2.88. The van der Waals surface area contributed by atoms with Crippen molar-refractivity contribution in [2.75, 3.05) is 20.6 Å². The number of hydrogen-bond donors (Lipinski definition) is 3. The number of nitrogens with one attached hydrogen (secondary N) is 2. The van der Waals surface area contributed by atoms with Gasteiger partial charge in [0, 0.05) is 20.5 Å². The highest BCUT2D eigenvalue weighted by atomic mass is 16.4. The van der Waals surface area contributed by atoms with Gasteiger partial charge in [-0.25, -0.2) is 9.59 Å². The Morgan fingerprint density at radius 1 is 1.24 bits per heavy atom. The first-order valence-electron chi connectivity index (χ1n) is 6.43. The average Bonchev–Trinajstić information content (AvgIpc) is 2.47. The number of carbonyl (C=O) groups is 3. The Kier molecular flexibility index (Phi) is 6.19. The molecule has 21 heavy (non-hydrogen) atoms. The zero-order valence-corrected chi connectivity index (χ0v) is 12.0. The second-order valence-electron chi connectivity index (χ2n) is 4.56. The van der Waals surface area contributed by atoms with E-state index in [0.717, 1.165) is 10.5 Å². The van der Waals surface area contributed by atoms with Crippen molar-refractivity contribution in [1.29, 1.82) is 0 Å². The van der Waals surface area contributed by atoms with Crippen LogP contribution in [0.15, 0.2) is 30.3 Å². The molecule has 0 aromatic heterocycles. The Morgan fingerprint density at radius 2 is 1.86 bits per heavy atom. The van der Waals surface area contributed by atoms with Crippen molar-refractivity contribution >= 4 is 17.9 Å². The van der Waals surface area contributed by atoms with E-state index in [1.807, 2.05) is 6.07 Å². The monoisotopic (exact) mass is 293 g/mol. The first-order valence-corrected chi connectivity index (χ1v) is 6.43. The van der Waals surface area contributed by atoms with Crippen LogP contribution in [0.1, 0.15) is 5.56 Å². The number of urea groups is 1. The lowest BCUT2D eigenvalue weighted by Crippen LogP contribution is -2.49. The number of likely N-dealkylation sites (N-methyl/N-ethyl adjacent to an activating group) is 2. The zero-order chi connectivity index (χ0) is 15.8. The van der Waals surface area contributed by atoms with Gasteiger partial charge in [-0.2, -0.15) is 0 Å². The Bertz CT molecular complexity index is 504. The fourth-order valence-corrected chi connectivity index (χ4v) is 1.68. The molecule has 0 saturated heterocycles. The van der Waals surface area contributed by atoms with E-state index in [9.17, 15) is 19.5 Å².